The third-order valence-corrected chi connectivity index (χ3v) is 8.37. The van der Waals surface area contributed by atoms with Crippen LogP contribution >= 0.6 is 11.6 Å². The fourth-order valence-corrected chi connectivity index (χ4v) is 5.93. The minimum Gasteiger partial charge on any atom is -0.277 e. The molecule has 5 rings (SSSR count). The van der Waals surface area contributed by atoms with Crippen molar-refractivity contribution in [3.05, 3.63) is 92.3 Å². The topological polar surface area (TPSA) is 93.6 Å². The molecule has 1 aliphatic carbocycles. The first-order valence-corrected chi connectivity index (χ1v) is 14.1. The highest BCUT2D eigenvalue weighted by Gasteiger charge is 2.42. The van der Waals surface area contributed by atoms with Gasteiger partial charge >= 0.3 is 6.55 Å². The van der Waals surface area contributed by atoms with E-state index >= 15 is 8.78 Å². The monoisotopic (exact) mass is 579 g/mol. The van der Waals surface area contributed by atoms with Gasteiger partial charge in [-0.1, -0.05) is 17.7 Å². The number of aryl methyl sites for hydroxylation is 2. The average Bonchev–Trinajstić information content (AvgIpc) is 3.49. The number of hydrogen-bond acceptors (Lipinski definition) is 5. The zero-order valence-corrected chi connectivity index (χ0v) is 22.5. The van der Waals surface area contributed by atoms with Gasteiger partial charge in [-0.25, -0.2) is 22.5 Å². The van der Waals surface area contributed by atoms with Crippen molar-refractivity contribution in [1.82, 2.24) is 19.3 Å². The first kappa shape index (κ1) is 27.1. The van der Waals surface area contributed by atoms with Crippen LogP contribution < -0.4 is 5.56 Å². The van der Waals surface area contributed by atoms with Crippen LogP contribution in [0.3, 0.4) is 0 Å². The number of halogens is 5. The molecule has 1 fully saturated rings. The number of hydrogen-bond donors (Lipinski definition) is 1. The van der Waals surface area contributed by atoms with Crippen molar-refractivity contribution < 1.29 is 21.8 Å². The zero-order chi connectivity index (χ0) is 28.4. The third-order valence-electron chi connectivity index (χ3n) is 6.84. The molecule has 1 aliphatic rings. The predicted molar refractivity (Wildman–Crippen MR) is 138 cm³/mol. The first-order valence-electron chi connectivity index (χ1n) is 11.7. The fourth-order valence-electron chi connectivity index (χ4n) is 4.86. The molecule has 0 saturated heterocycles. The number of nitrogens with zero attached hydrogens (tertiary/aromatic N) is 4. The lowest BCUT2D eigenvalue weighted by atomic mass is 10.0. The van der Waals surface area contributed by atoms with Crippen molar-refractivity contribution in [1.29, 1.82) is 4.78 Å². The molecule has 3 atom stereocenters. The quantitative estimate of drug-likeness (QED) is 0.270. The summed E-state index contributed by atoms with van der Waals surface area (Å²) in [5.74, 6) is -2.36. The first-order chi connectivity index (χ1) is 18.3. The standard InChI is InChI=1S/C26H22ClF4N5O2S/c1-12-9-33-23(15-5-4-6-19(21(15)28)39(3,32)38)22(29)24(12)36-13(2)7-18(20(27)25(36)37)17-8-16(17)14-10-34-35(11-14)26(30)31/h4-7,9-11,16-17,26,32H,8H2,1-3H3/t16?,17-,39-/m1/s1. The molecular formula is C26H22ClF4N5O2S. The van der Waals surface area contributed by atoms with E-state index in [4.69, 9.17) is 16.4 Å². The van der Waals surface area contributed by atoms with Crippen LogP contribution in [0, 0.1) is 30.3 Å². The Bertz CT molecular complexity index is 1800. The van der Waals surface area contributed by atoms with E-state index in [1.807, 2.05) is 0 Å². The molecule has 1 N–H and O–H groups in total. The molecule has 3 heterocycles. The van der Waals surface area contributed by atoms with E-state index in [0.29, 0.717) is 27.9 Å². The molecule has 3 aromatic heterocycles. The van der Waals surface area contributed by atoms with Crippen molar-refractivity contribution in [3.8, 4) is 16.9 Å². The van der Waals surface area contributed by atoms with E-state index in [0.717, 1.165) is 10.8 Å². The minimum atomic E-state index is -3.44. The molecule has 13 heteroatoms. The van der Waals surface area contributed by atoms with Crippen LogP contribution in [0.1, 0.15) is 47.2 Å². The molecule has 1 aromatic carbocycles. The molecule has 1 saturated carbocycles. The Balaban J connectivity index is 1.59. The zero-order valence-electron chi connectivity index (χ0n) is 20.9. The van der Waals surface area contributed by atoms with Gasteiger partial charge in [0.2, 0.25) is 0 Å². The Kier molecular flexibility index (Phi) is 6.66. The maximum Gasteiger partial charge on any atom is 0.333 e. The summed E-state index contributed by atoms with van der Waals surface area (Å²) in [6.45, 7) is 0.374. The van der Waals surface area contributed by atoms with Crippen molar-refractivity contribution in [2.24, 2.45) is 0 Å². The molecule has 0 bridgehead atoms. The largest absolute Gasteiger partial charge is 0.333 e. The van der Waals surface area contributed by atoms with Crippen LogP contribution in [-0.4, -0.2) is 29.8 Å². The second-order valence-electron chi connectivity index (χ2n) is 9.59. The Labute approximate surface area is 226 Å². The van der Waals surface area contributed by atoms with Gasteiger partial charge in [0.05, 0.1) is 26.5 Å². The summed E-state index contributed by atoms with van der Waals surface area (Å²) in [7, 11) is -3.44. The van der Waals surface area contributed by atoms with Crippen LogP contribution in [0.15, 0.2) is 52.5 Å². The number of pyridine rings is 2. The number of alkyl halides is 2. The van der Waals surface area contributed by atoms with Crippen LogP contribution in [0.5, 0.6) is 0 Å². The highest BCUT2D eigenvalue weighted by molar-refractivity contribution is 7.91. The summed E-state index contributed by atoms with van der Waals surface area (Å²) in [6, 6.07) is 5.45. The maximum absolute atomic E-state index is 16.0. The Hall–Kier alpha value is -3.51. The highest BCUT2D eigenvalue weighted by Crippen LogP contribution is 2.56. The summed E-state index contributed by atoms with van der Waals surface area (Å²) < 4.78 is 78.6. The smallest absolute Gasteiger partial charge is 0.277 e. The summed E-state index contributed by atoms with van der Waals surface area (Å²) in [6.07, 6.45) is 5.55. The Morgan fingerprint density at radius 3 is 2.51 bits per heavy atom. The van der Waals surface area contributed by atoms with Gasteiger partial charge < -0.3 is 0 Å². The maximum atomic E-state index is 16.0. The normalized spacial score (nSPS) is 18.4. The van der Waals surface area contributed by atoms with Crippen LogP contribution in [-0.2, 0) is 9.73 Å². The van der Waals surface area contributed by atoms with E-state index in [2.05, 4.69) is 10.1 Å². The lowest BCUT2D eigenvalue weighted by Gasteiger charge is -2.18. The lowest BCUT2D eigenvalue weighted by Crippen LogP contribution is -2.24. The number of rotatable bonds is 6. The summed E-state index contributed by atoms with van der Waals surface area (Å²) in [5.41, 5.74) is 0.173. The molecular weight excluding hydrogens is 558 g/mol. The fraction of sp³-hybridized carbons (Fsp3) is 0.269. The van der Waals surface area contributed by atoms with Gasteiger partial charge in [-0.15, -0.1) is 0 Å². The summed E-state index contributed by atoms with van der Waals surface area (Å²) in [4.78, 5) is 17.1. The minimum absolute atomic E-state index is 0.139. The average molecular weight is 580 g/mol. The summed E-state index contributed by atoms with van der Waals surface area (Å²) in [5, 5.41) is 3.52. The molecule has 204 valence electrons. The van der Waals surface area contributed by atoms with E-state index in [1.54, 1.807) is 13.0 Å². The molecule has 0 radical (unpaired) electrons. The molecule has 0 amide bonds. The van der Waals surface area contributed by atoms with Gasteiger partial charge in [0.15, 0.2) is 5.82 Å². The van der Waals surface area contributed by atoms with Crippen molar-refractivity contribution in [2.45, 2.75) is 43.5 Å². The summed E-state index contributed by atoms with van der Waals surface area (Å²) >= 11 is 6.50. The second kappa shape index (κ2) is 9.60. The Morgan fingerprint density at radius 1 is 1.15 bits per heavy atom. The van der Waals surface area contributed by atoms with Gasteiger partial charge in [-0.2, -0.15) is 13.9 Å². The molecule has 0 spiro atoms. The van der Waals surface area contributed by atoms with Gasteiger partial charge in [0.1, 0.15) is 16.5 Å². The van der Waals surface area contributed by atoms with Gasteiger partial charge in [0, 0.05) is 29.9 Å². The number of aromatic nitrogens is 4. The molecule has 39 heavy (non-hydrogen) atoms. The van der Waals surface area contributed by atoms with Crippen molar-refractivity contribution in [2.75, 3.05) is 6.26 Å². The van der Waals surface area contributed by atoms with E-state index < -0.39 is 39.2 Å². The number of nitrogens with one attached hydrogen (secondary N) is 1. The van der Waals surface area contributed by atoms with E-state index in [1.165, 1.54) is 43.7 Å². The molecule has 1 unspecified atom stereocenters. The van der Waals surface area contributed by atoms with Crippen LogP contribution in [0.4, 0.5) is 17.6 Å². The van der Waals surface area contributed by atoms with Crippen LogP contribution in [0.2, 0.25) is 5.02 Å². The highest BCUT2D eigenvalue weighted by atomic mass is 35.5. The Morgan fingerprint density at radius 2 is 1.87 bits per heavy atom. The SMILES string of the molecule is Cc1cnc(-c2cccc([S@](C)(=N)=O)c2F)c(F)c1-n1c(C)cc([C@@H]2CC2c2cnn(C(F)F)c2)c(Cl)c1=O. The predicted octanol–water partition coefficient (Wildman–Crippen LogP) is 6.35. The molecule has 7 nitrogen and oxygen atoms in total. The molecule has 0 aliphatic heterocycles. The second-order valence-corrected chi connectivity index (χ2v) is 12.1. The van der Waals surface area contributed by atoms with Gasteiger partial charge in [-0.05, 0) is 67.0 Å². The van der Waals surface area contributed by atoms with Crippen molar-refractivity contribution in [3.63, 3.8) is 0 Å². The van der Waals surface area contributed by atoms with Crippen molar-refractivity contribution >= 4 is 21.3 Å². The van der Waals surface area contributed by atoms with Gasteiger partial charge in [0.25, 0.3) is 5.56 Å². The molecule has 4 aromatic rings. The third kappa shape index (κ3) is 4.65. The lowest BCUT2D eigenvalue weighted by molar-refractivity contribution is 0.0565. The van der Waals surface area contributed by atoms with E-state index in [-0.39, 0.29) is 38.6 Å². The van der Waals surface area contributed by atoms with Gasteiger partial charge in [-0.3, -0.25) is 14.3 Å². The number of benzene rings is 1. The van der Waals surface area contributed by atoms with Crippen LogP contribution in [0.25, 0.3) is 16.9 Å². The van der Waals surface area contributed by atoms with E-state index in [9.17, 15) is 17.8 Å².